The minimum atomic E-state index is -0.821. The summed E-state index contributed by atoms with van der Waals surface area (Å²) in [7, 11) is 0. The van der Waals surface area contributed by atoms with Crippen LogP contribution >= 0.6 is 35.3 Å². The second-order valence-electron chi connectivity index (χ2n) is 10.9. The van der Waals surface area contributed by atoms with Crippen LogP contribution in [0.5, 0.6) is 5.88 Å². The molecule has 4 aromatic rings. The van der Waals surface area contributed by atoms with Crippen LogP contribution in [0.3, 0.4) is 0 Å². The number of thiol groups is 1. The molecule has 50 heavy (non-hydrogen) atoms. The van der Waals surface area contributed by atoms with Crippen molar-refractivity contribution in [1.29, 1.82) is 0 Å². The number of hydrogen-bond acceptors (Lipinski definition) is 18. The third kappa shape index (κ3) is 8.28. The van der Waals surface area contributed by atoms with Crippen LogP contribution in [0.4, 0.5) is 11.9 Å². The van der Waals surface area contributed by atoms with E-state index in [2.05, 4.69) is 32.6 Å². The van der Waals surface area contributed by atoms with E-state index < -0.39 is 47.0 Å². The Kier molecular flexibility index (Phi) is 13.0. The Morgan fingerprint density at radius 2 is 1.32 bits per heavy atom. The Hall–Kier alpha value is -4.05. The second kappa shape index (κ2) is 16.8. The number of carbonyl (C=O) groups excluding carboxylic acids is 2. The number of thiazole rings is 2. The molecule has 0 unspecified atom stereocenters. The molecule has 18 nitrogen and oxygen atoms in total. The molecule has 6 atom stereocenters. The van der Waals surface area contributed by atoms with Crippen LogP contribution in [0.2, 0.25) is 0 Å². The molecule has 0 radical (unpaired) electrons. The second-order valence-corrected chi connectivity index (χ2v) is 12.9. The van der Waals surface area contributed by atoms with Gasteiger partial charge in [0.15, 0.2) is 23.8 Å². The van der Waals surface area contributed by atoms with E-state index in [1.807, 2.05) is 20.8 Å². The minimum Gasteiger partial charge on any atom is -0.477 e. The maximum Gasteiger partial charge on any atom is 0.311 e. The first-order valence-electron chi connectivity index (χ1n) is 15.7. The number of nitrogen functional groups attached to an aromatic ring is 2. The summed E-state index contributed by atoms with van der Waals surface area (Å²) in [6.45, 7) is 8.73. The predicted molar refractivity (Wildman–Crippen MR) is 190 cm³/mol. The van der Waals surface area contributed by atoms with Crippen molar-refractivity contribution in [1.82, 2.24) is 29.1 Å². The fourth-order valence-electron chi connectivity index (χ4n) is 5.59. The molecule has 274 valence electrons. The number of nitrogens with zero attached hydrogens (tertiary/aromatic N) is 5. The third-order valence-electron chi connectivity index (χ3n) is 7.57. The van der Waals surface area contributed by atoms with E-state index in [1.165, 1.54) is 23.0 Å². The predicted octanol–water partition coefficient (Wildman–Crippen LogP) is 2.37. The summed E-state index contributed by atoms with van der Waals surface area (Å²) in [5.74, 6) is -0.718. The van der Waals surface area contributed by atoms with Crippen molar-refractivity contribution in [3.05, 3.63) is 29.7 Å². The number of fused-ring (bicyclic) bond motifs is 2. The smallest absolute Gasteiger partial charge is 0.311 e. The molecule has 2 aliphatic rings. The third-order valence-corrected chi connectivity index (χ3v) is 9.44. The number of H-pyrrole nitrogens is 1. The number of aromatic nitrogens is 6. The molecule has 6 heterocycles. The molecule has 2 saturated heterocycles. The topological polar surface area (TPSA) is 248 Å². The Morgan fingerprint density at radius 1 is 0.840 bits per heavy atom. The fraction of sp³-hybridized carbons (Fsp3) is 0.586. The van der Waals surface area contributed by atoms with E-state index in [1.54, 1.807) is 6.26 Å². The van der Waals surface area contributed by atoms with Crippen LogP contribution in [-0.2, 0) is 28.5 Å². The van der Waals surface area contributed by atoms with Gasteiger partial charge in [-0.15, -0.1) is 0 Å². The molecule has 4 aromatic heterocycles. The van der Waals surface area contributed by atoms with Gasteiger partial charge in [-0.2, -0.15) is 27.6 Å². The summed E-state index contributed by atoms with van der Waals surface area (Å²) in [6.07, 6.45) is 1.13. The van der Waals surface area contributed by atoms with Crippen molar-refractivity contribution in [2.75, 3.05) is 24.3 Å². The lowest BCUT2D eigenvalue weighted by Gasteiger charge is -2.19. The number of anilines is 2. The molecule has 21 heteroatoms. The monoisotopic (exact) mass is 756 g/mol. The van der Waals surface area contributed by atoms with Gasteiger partial charge in [-0.05, 0) is 26.0 Å². The molecule has 2 aliphatic heterocycles. The number of aromatic amines is 1. The number of rotatable bonds is 8. The minimum absolute atomic E-state index is 0.00317. The molecular formula is C29H40N8O10S3. The van der Waals surface area contributed by atoms with Gasteiger partial charge in [0.2, 0.25) is 17.8 Å². The van der Waals surface area contributed by atoms with Gasteiger partial charge in [0.25, 0.3) is 5.56 Å². The van der Waals surface area contributed by atoms with E-state index in [0.29, 0.717) is 36.2 Å². The van der Waals surface area contributed by atoms with Gasteiger partial charge in [0, 0.05) is 26.7 Å². The van der Waals surface area contributed by atoms with E-state index >= 15 is 0 Å². The molecule has 0 spiro atoms. The molecule has 0 aromatic carbocycles. The summed E-state index contributed by atoms with van der Waals surface area (Å²) in [5, 5.41) is 0. The molecule has 0 aliphatic carbocycles. The van der Waals surface area contributed by atoms with Gasteiger partial charge >= 0.3 is 21.7 Å². The normalized spacial score (nSPS) is 22.8. The van der Waals surface area contributed by atoms with Crippen molar-refractivity contribution in [3.63, 3.8) is 0 Å². The zero-order valence-electron chi connectivity index (χ0n) is 28.2. The summed E-state index contributed by atoms with van der Waals surface area (Å²) in [4.78, 5) is 73.5. The Balaban J connectivity index is 0.000000215. The molecule has 5 N–H and O–H groups in total. The standard InChI is InChI=1S/C15H20N4O5S.C13H16N4O5S.CH4S/c1-4-8-6-9(23-7(3)20)13(24-8)19-11-10(25-15(19)21)12(22-5-2)18-14(16)17-11;1-3-6-4-7(21-5(2)18)11(22-6)17-9-8(23-13(17)20)10(19)16-12(14)15-9;1-2/h8-9,13H,4-6H2,1-3H3,(H2,16,17,18);6-7,11H,3-4H2,1-2H3,(H3,14,15,16,19);2H,1H3/t8-,9-,13-;6-,7-,11-;/m11./s1. The van der Waals surface area contributed by atoms with E-state index in [9.17, 15) is 24.0 Å². The Morgan fingerprint density at radius 3 is 1.78 bits per heavy atom. The first-order chi connectivity index (χ1) is 23.8. The fourth-order valence-corrected chi connectivity index (χ4v) is 7.32. The first-order valence-corrected chi connectivity index (χ1v) is 18.2. The largest absolute Gasteiger partial charge is 0.477 e. The first kappa shape index (κ1) is 38.7. The highest BCUT2D eigenvalue weighted by molar-refractivity contribution is 7.79. The lowest BCUT2D eigenvalue weighted by atomic mass is 10.1. The lowest BCUT2D eigenvalue weighted by Crippen LogP contribution is -2.30. The average molecular weight is 757 g/mol. The summed E-state index contributed by atoms with van der Waals surface area (Å²) < 4.78 is 31.2. The van der Waals surface area contributed by atoms with Crippen molar-refractivity contribution < 1.29 is 33.3 Å². The van der Waals surface area contributed by atoms with E-state index in [0.717, 1.165) is 29.1 Å². The molecule has 0 saturated carbocycles. The van der Waals surface area contributed by atoms with Gasteiger partial charge in [-0.3, -0.25) is 38.1 Å². The Bertz CT molecular complexity index is 2010. The highest BCUT2D eigenvalue weighted by Gasteiger charge is 2.41. The number of nitrogens with two attached hydrogens (primary N) is 2. The van der Waals surface area contributed by atoms with Crippen LogP contribution in [0, 0.1) is 0 Å². The van der Waals surface area contributed by atoms with Crippen LogP contribution in [0.15, 0.2) is 14.4 Å². The van der Waals surface area contributed by atoms with Crippen LogP contribution in [0.25, 0.3) is 20.7 Å². The highest BCUT2D eigenvalue weighted by Crippen LogP contribution is 2.37. The zero-order chi connectivity index (χ0) is 36.9. The van der Waals surface area contributed by atoms with Gasteiger partial charge < -0.3 is 35.2 Å². The van der Waals surface area contributed by atoms with Crippen LogP contribution in [-0.4, -0.2) is 78.3 Å². The lowest BCUT2D eigenvalue weighted by molar-refractivity contribution is -0.153. The quantitative estimate of drug-likeness (QED) is 0.149. The van der Waals surface area contributed by atoms with Crippen LogP contribution < -0.4 is 31.5 Å². The van der Waals surface area contributed by atoms with Crippen molar-refractivity contribution >= 4 is 79.8 Å². The van der Waals surface area contributed by atoms with Gasteiger partial charge in [-0.25, -0.2) is 0 Å². The average Bonchev–Trinajstić information content (AvgIpc) is 3.80. The van der Waals surface area contributed by atoms with Crippen molar-refractivity contribution in [2.24, 2.45) is 0 Å². The number of hydrogen-bond donors (Lipinski definition) is 4. The van der Waals surface area contributed by atoms with Crippen molar-refractivity contribution in [3.8, 4) is 5.88 Å². The van der Waals surface area contributed by atoms with E-state index in [4.69, 9.17) is 35.2 Å². The molecule has 6 rings (SSSR count). The molecule has 0 bridgehead atoms. The summed E-state index contributed by atoms with van der Waals surface area (Å²) in [6, 6.07) is 0. The highest BCUT2D eigenvalue weighted by atomic mass is 32.1. The number of esters is 2. The van der Waals surface area contributed by atoms with Gasteiger partial charge in [0.1, 0.15) is 21.6 Å². The molecule has 0 amide bonds. The summed E-state index contributed by atoms with van der Waals surface area (Å²) >= 11 is 5.24. The van der Waals surface area contributed by atoms with Crippen LogP contribution in [0.1, 0.15) is 72.8 Å². The maximum atomic E-state index is 12.6. The number of nitrogens with one attached hydrogen (secondary N) is 1. The summed E-state index contributed by atoms with van der Waals surface area (Å²) in [5.41, 5.74) is 11.3. The van der Waals surface area contributed by atoms with Crippen molar-refractivity contribution in [2.45, 2.75) is 97.2 Å². The molecule has 2 fully saturated rings. The SMILES string of the molecule is CCOc1nc(N)nc2c1sc(=O)n2[C@@H]1O[C@H](CC)C[C@H]1OC(C)=O.CC[C@@H]1C[C@@H](OC(C)=O)[C@H](n2c(=O)sc3c(=O)[nH]c(N)nc32)O1.CS. The Labute approximate surface area is 298 Å². The number of carbonyl (C=O) groups is 2. The molecular weight excluding hydrogens is 717 g/mol. The van der Waals surface area contributed by atoms with Gasteiger partial charge in [0.05, 0.1) is 18.8 Å². The maximum absolute atomic E-state index is 12.6. The zero-order valence-corrected chi connectivity index (χ0v) is 30.8. The number of ether oxygens (including phenoxy) is 5. The van der Waals surface area contributed by atoms with Gasteiger partial charge in [-0.1, -0.05) is 36.5 Å². The van der Waals surface area contributed by atoms with E-state index in [-0.39, 0.29) is 45.2 Å².